The number of rotatable bonds is 10. The standard InChI is InChI=1S/C15H25FN2O2/c1-18(8-4-9-19-2)15-6-5-14(16)11-13(15)12-17-7-10-20-3/h5-6,11,17H,4,7-10,12H2,1-3H3. The van der Waals surface area contributed by atoms with Crippen LogP contribution < -0.4 is 10.2 Å². The molecule has 4 nitrogen and oxygen atoms in total. The smallest absolute Gasteiger partial charge is 0.123 e. The Bertz CT molecular complexity index is 388. The minimum atomic E-state index is -0.206. The van der Waals surface area contributed by atoms with Gasteiger partial charge in [-0.15, -0.1) is 0 Å². The topological polar surface area (TPSA) is 33.7 Å². The minimum absolute atomic E-state index is 0.206. The molecule has 0 fully saturated rings. The molecule has 1 aromatic rings. The van der Waals surface area contributed by atoms with Crippen LogP contribution in [0, 0.1) is 5.82 Å². The fraction of sp³-hybridized carbons (Fsp3) is 0.600. The summed E-state index contributed by atoms with van der Waals surface area (Å²) in [6, 6.07) is 4.91. The van der Waals surface area contributed by atoms with Gasteiger partial charge in [-0.3, -0.25) is 0 Å². The minimum Gasteiger partial charge on any atom is -0.385 e. The van der Waals surface area contributed by atoms with E-state index < -0.39 is 0 Å². The van der Waals surface area contributed by atoms with Crippen molar-refractivity contribution in [2.75, 3.05) is 52.5 Å². The number of methoxy groups -OCH3 is 2. The molecule has 1 N–H and O–H groups in total. The Morgan fingerprint density at radius 1 is 1.20 bits per heavy atom. The van der Waals surface area contributed by atoms with Crippen molar-refractivity contribution in [3.05, 3.63) is 29.6 Å². The molecule has 5 heteroatoms. The van der Waals surface area contributed by atoms with Gasteiger partial charge in [0.25, 0.3) is 0 Å². The molecule has 1 rings (SSSR count). The monoisotopic (exact) mass is 284 g/mol. The molecule has 0 bridgehead atoms. The van der Waals surface area contributed by atoms with E-state index in [0.717, 1.165) is 37.4 Å². The van der Waals surface area contributed by atoms with Crippen LogP contribution in [0.25, 0.3) is 0 Å². The van der Waals surface area contributed by atoms with Crippen LogP contribution in [0.2, 0.25) is 0 Å². The summed E-state index contributed by atoms with van der Waals surface area (Å²) in [4.78, 5) is 2.13. The van der Waals surface area contributed by atoms with Gasteiger partial charge in [0.05, 0.1) is 6.61 Å². The Morgan fingerprint density at radius 3 is 2.65 bits per heavy atom. The predicted octanol–water partition coefficient (Wildman–Crippen LogP) is 2.03. The van der Waals surface area contributed by atoms with Crippen LogP contribution >= 0.6 is 0 Å². The maximum atomic E-state index is 13.4. The van der Waals surface area contributed by atoms with Gasteiger partial charge in [-0.2, -0.15) is 0 Å². The Kier molecular flexibility index (Phi) is 8.18. The molecule has 0 unspecified atom stereocenters. The normalized spacial score (nSPS) is 10.8. The van der Waals surface area contributed by atoms with Gasteiger partial charge in [-0.1, -0.05) is 0 Å². The summed E-state index contributed by atoms with van der Waals surface area (Å²) in [5.41, 5.74) is 2.01. The summed E-state index contributed by atoms with van der Waals surface area (Å²) in [6.45, 7) is 3.64. The van der Waals surface area contributed by atoms with Crippen LogP contribution in [0.4, 0.5) is 10.1 Å². The van der Waals surface area contributed by atoms with Gasteiger partial charge in [0.2, 0.25) is 0 Å². The first kappa shape index (κ1) is 16.9. The van der Waals surface area contributed by atoms with Crippen molar-refractivity contribution < 1.29 is 13.9 Å². The zero-order valence-electron chi connectivity index (χ0n) is 12.6. The molecule has 1 aromatic carbocycles. The largest absolute Gasteiger partial charge is 0.385 e. The van der Waals surface area contributed by atoms with Crippen molar-refractivity contribution in [3.63, 3.8) is 0 Å². The molecule has 114 valence electrons. The van der Waals surface area contributed by atoms with Crippen molar-refractivity contribution in [1.82, 2.24) is 5.32 Å². The molecular formula is C15H25FN2O2. The summed E-state index contributed by atoms with van der Waals surface area (Å²) in [6.07, 6.45) is 0.945. The summed E-state index contributed by atoms with van der Waals surface area (Å²) < 4.78 is 23.4. The lowest BCUT2D eigenvalue weighted by Gasteiger charge is -2.22. The molecule has 0 aromatic heterocycles. The fourth-order valence-corrected chi connectivity index (χ4v) is 2.03. The summed E-state index contributed by atoms with van der Waals surface area (Å²) in [5.74, 6) is -0.206. The van der Waals surface area contributed by atoms with Gasteiger partial charge in [0.1, 0.15) is 5.82 Å². The van der Waals surface area contributed by atoms with E-state index in [1.54, 1.807) is 20.3 Å². The molecule has 0 spiro atoms. The maximum absolute atomic E-state index is 13.4. The Balaban J connectivity index is 2.63. The molecule has 0 saturated heterocycles. The number of anilines is 1. The van der Waals surface area contributed by atoms with E-state index in [2.05, 4.69) is 10.2 Å². The number of hydrogen-bond donors (Lipinski definition) is 1. The lowest BCUT2D eigenvalue weighted by Crippen LogP contribution is -2.24. The first-order valence-corrected chi connectivity index (χ1v) is 6.87. The van der Waals surface area contributed by atoms with Gasteiger partial charge in [0, 0.05) is 53.2 Å². The van der Waals surface area contributed by atoms with Crippen molar-refractivity contribution >= 4 is 5.69 Å². The quantitative estimate of drug-likeness (QED) is 0.667. The number of hydrogen-bond acceptors (Lipinski definition) is 4. The molecule has 0 saturated carbocycles. The predicted molar refractivity (Wildman–Crippen MR) is 79.7 cm³/mol. The van der Waals surface area contributed by atoms with Gasteiger partial charge < -0.3 is 19.7 Å². The molecule has 0 aliphatic heterocycles. The number of nitrogens with one attached hydrogen (secondary N) is 1. The van der Waals surface area contributed by atoms with Gasteiger partial charge in [-0.05, 0) is 30.2 Å². The third-order valence-electron chi connectivity index (χ3n) is 3.09. The molecular weight excluding hydrogens is 259 g/mol. The first-order valence-electron chi connectivity index (χ1n) is 6.87. The van der Waals surface area contributed by atoms with Crippen LogP contribution in [0.1, 0.15) is 12.0 Å². The highest BCUT2D eigenvalue weighted by Crippen LogP contribution is 2.20. The van der Waals surface area contributed by atoms with Crippen LogP contribution in [0.5, 0.6) is 0 Å². The molecule has 0 aliphatic rings. The van der Waals surface area contributed by atoms with Crippen molar-refractivity contribution in [1.29, 1.82) is 0 Å². The summed E-state index contributed by atoms with van der Waals surface area (Å²) >= 11 is 0. The van der Waals surface area contributed by atoms with E-state index >= 15 is 0 Å². The second kappa shape index (κ2) is 9.69. The second-order valence-corrected chi connectivity index (χ2v) is 4.71. The van der Waals surface area contributed by atoms with Crippen LogP contribution in [-0.2, 0) is 16.0 Å². The third-order valence-corrected chi connectivity index (χ3v) is 3.09. The highest BCUT2D eigenvalue weighted by atomic mass is 19.1. The van der Waals surface area contributed by atoms with E-state index in [1.807, 2.05) is 13.1 Å². The van der Waals surface area contributed by atoms with Crippen molar-refractivity contribution in [3.8, 4) is 0 Å². The Morgan fingerprint density at radius 2 is 1.95 bits per heavy atom. The molecule has 0 atom stereocenters. The average molecular weight is 284 g/mol. The zero-order chi connectivity index (χ0) is 14.8. The van der Waals surface area contributed by atoms with E-state index in [9.17, 15) is 4.39 Å². The molecule has 0 heterocycles. The molecule has 0 amide bonds. The Hall–Kier alpha value is -1.17. The van der Waals surface area contributed by atoms with Crippen LogP contribution in [0.3, 0.4) is 0 Å². The summed E-state index contributed by atoms with van der Waals surface area (Å²) in [5, 5.41) is 3.25. The average Bonchev–Trinajstić information content (AvgIpc) is 2.44. The van der Waals surface area contributed by atoms with Crippen LogP contribution in [-0.4, -0.2) is 47.6 Å². The molecule has 20 heavy (non-hydrogen) atoms. The van der Waals surface area contributed by atoms with Crippen molar-refractivity contribution in [2.45, 2.75) is 13.0 Å². The van der Waals surface area contributed by atoms with E-state index in [0.29, 0.717) is 13.2 Å². The fourth-order valence-electron chi connectivity index (χ4n) is 2.03. The van der Waals surface area contributed by atoms with E-state index in [4.69, 9.17) is 9.47 Å². The van der Waals surface area contributed by atoms with Gasteiger partial charge >= 0.3 is 0 Å². The highest BCUT2D eigenvalue weighted by Gasteiger charge is 2.08. The van der Waals surface area contributed by atoms with Crippen LogP contribution in [0.15, 0.2) is 18.2 Å². The van der Waals surface area contributed by atoms with E-state index in [1.165, 1.54) is 6.07 Å². The van der Waals surface area contributed by atoms with E-state index in [-0.39, 0.29) is 5.82 Å². The number of halogens is 1. The number of ether oxygens (including phenoxy) is 2. The number of benzene rings is 1. The highest BCUT2D eigenvalue weighted by molar-refractivity contribution is 5.53. The zero-order valence-corrected chi connectivity index (χ0v) is 12.6. The maximum Gasteiger partial charge on any atom is 0.123 e. The van der Waals surface area contributed by atoms with Crippen molar-refractivity contribution in [2.24, 2.45) is 0 Å². The third kappa shape index (κ3) is 5.86. The molecule has 0 aliphatic carbocycles. The second-order valence-electron chi connectivity index (χ2n) is 4.71. The van der Waals surface area contributed by atoms with Gasteiger partial charge in [0.15, 0.2) is 0 Å². The lowest BCUT2D eigenvalue weighted by molar-refractivity contribution is 0.196. The molecule has 0 radical (unpaired) electrons. The SMILES string of the molecule is COCCCN(C)c1ccc(F)cc1CNCCOC. The summed E-state index contributed by atoms with van der Waals surface area (Å²) in [7, 11) is 5.38. The van der Waals surface area contributed by atoms with Gasteiger partial charge in [-0.25, -0.2) is 4.39 Å². The number of nitrogens with zero attached hydrogens (tertiary/aromatic N) is 1. The lowest BCUT2D eigenvalue weighted by atomic mass is 10.1. The Labute approximate surface area is 120 Å². The first-order chi connectivity index (χ1) is 9.69.